The van der Waals surface area contributed by atoms with Crippen LogP contribution in [0.2, 0.25) is 0 Å². The maximum Gasteiger partial charge on any atom is 0.267 e. The van der Waals surface area contributed by atoms with Gasteiger partial charge in [-0.15, -0.1) is 0 Å². The largest absolute Gasteiger partial charge is 0.324 e. The Morgan fingerprint density at radius 1 is 1.25 bits per heavy atom. The van der Waals surface area contributed by atoms with Crippen molar-refractivity contribution >= 4 is 11.6 Å². The predicted molar refractivity (Wildman–Crippen MR) is 77.8 cm³/mol. The number of amides is 1. The Bertz CT molecular complexity index is 692. The Balaban J connectivity index is 2.23. The van der Waals surface area contributed by atoms with E-state index in [-0.39, 0.29) is 11.5 Å². The summed E-state index contributed by atoms with van der Waals surface area (Å²) in [4.78, 5) is 23.9. The van der Waals surface area contributed by atoms with Crippen LogP contribution in [0.4, 0.5) is 5.69 Å². The van der Waals surface area contributed by atoms with Crippen molar-refractivity contribution < 1.29 is 4.79 Å². The van der Waals surface area contributed by atoms with E-state index in [1.807, 2.05) is 32.0 Å². The van der Waals surface area contributed by atoms with Gasteiger partial charge >= 0.3 is 0 Å². The zero-order valence-corrected chi connectivity index (χ0v) is 11.8. The molecule has 0 fully saturated rings. The van der Waals surface area contributed by atoms with Crippen LogP contribution in [-0.2, 0) is 4.79 Å². The van der Waals surface area contributed by atoms with Gasteiger partial charge in [0.1, 0.15) is 6.04 Å². The molecular weight excluding hydrogens is 254 g/mol. The van der Waals surface area contributed by atoms with Crippen LogP contribution >= 0.6 is 0 Å². The van der Waals surface area contributed by atoms with Crippen LogP contribution < -0.4 is 10.9 Å². The molecule has 0 radical (unpaired) electrons. The summed E-state index contributed by atoms with van der Waals surface area (Å²) >= 11 is 0. The smallest absolute Gasteiger partial charge is 0.267 e. The molecule has 1 atom stereocenters. The summed E-state index contributed by atoms with van der Waals surface area (Å²) in [7, 11) is 0. The molecule has 104 valence electrons. The number of hydrogen-bond acceptors (Lipinski definition) is 3. The Morgan fingerprint density at radius 2 is 2.00 bits per heavy atom. The lowest BCUT2D eigenvalue weighted by Gasteiger charge is -2.15. The van der Waals surface area contributed by atoms with Gasteiger partial charge in [-0.2, -0.15) is 5.10 Å². The van der Waals surface area contributed by atoms with E-state index in [0.717, 1.165) is 16.8 Å². The van der Waals surface area contributed by atoms with Gasteiger partial charge in [-0.25, -0.2) is 4.68 Å². The van der Waals surface area contributed by atoms with Crippen molar-refractivity contribution in [2.24, 2.45) is 0 Å². The number of nitrogens with zero attached hydrogens (tertiary/aromatic N) is 2. The van der Waals surface area contributed by atoms with Gasteiger partial charge in [0, 0.05) is 18.0 Å². The SMILES string of the molecule is Cc1cccc(NC(=O)C(C)n2ncccc2=O)c1C. The molecule has 1 aromatic heterocycles. The third-order valence-corrected chi connectivity index (χ3v) is 3.35. The van der Waals surface area contributed by atoms with E-state index in [1.54, 1.807) is 13.0 Å². The first-order valence-corrected chi connectivity index (χ1v) is 6.41. The van der Waals surface area contributed by atoms with Crippen LogP contribution in [0.5, 0.6) is 0 Å². The number of nitrogens with one attached hydrogen (secondary N) is 1. The van der Waals surface area contributed by atoms with E-state index in [0.29, 0.717) is 0 Å². The zero-order chi connectivity index (χ0) is 14.7. The number of aromatic nitrogens is 2. The lowest BCUT2D eigenvalue weighted by molar-refractivity contribution is -0.119. The highest BCUT2D eigenvalue weighted by molar-refractivity contribution is 5.94. The van der Waals surface area contributed by atoms with Gasteiger partial charge in [0.25, 0.3) is 5.56 Å². The van der Waals surface area contributed by atoms with Crippen LogP contribution in [0, 0.1) is 13.8 Å². The van der Waals surface area contributed by atoms with E-state index in [1.165, 1.54) is 16.9 Å². The third kappa shape index (κ3) is 2.77. The number of carbonyl (C=O) groups is 1. The molecule has 0 bridgehead atoms. The van der Waals surface area contributed by atoms with Gasteiger partial charge in [0.2, 0.25) is 5.91 Å². The summed E-state index contributed by atoms with van der Waals surface area (Å²) < 4.78 is 1.17. The quantitative estimate of drug-likeness (QED) is 0.929. The minimum atomic E-state index is -0.663. The third-order valence-electron chi connectivity index (χ3n) is 3.35. The fourth-order valence-corrected chi connectivity index (χ4v) is 1.89. The Labute approximate surface area is 117 Å². The summed E-state index contributed by atoms with van der Waals surface area (Å²) in [5.74, 6) is -0.264. The van der Waals surface area contributed by atoms with E-state index in [2.05, 4.69) is 10.4 Å². The van der Waals surface area contributed by atoms with Gasteiger partial charge in [-0.3, -0.25) is 9.59 Å². The number of hydrogen-bond donors (Lipinski definition) is 1. The molecule has 0 aliphatic carbocycles. The summed E-state index contributed by atoms with van der Waals surface area (Å²) in [5.41, 5.74) is 2.58. The molecule has 1 unspecified atom stereocenters. The summed E-state index contributed by atoms with van der Waals surface area (Å²) in [6.45, 7) is 5.58. The highest BCUT2D eigenvalue weighted by Gasteiger charge is 2.17. The maximum absolute atomic E-state index is 12.2. The molecule has 1 N–H and O–H groups in total. The molecule has 1 aromatic carbocycles. The molecule has 0 saturated heterocycles. The van der Waals surface area contributed by atoms with Gasteiger partial charge in [-0.05, 0) is 44.0 Å². The number of anilines is 1. The molecule has 0 spiro atoms. The first-order chi connectivity index (χ1) is 9.50. The second-order valence-corrected chi connectivity index (χ2v) is 4.72. The summed E-state index contributed by atoms with van der Waals surface area (Å²) in [6, 6.07) is 7.98. The molecule has 0 saturated carbocycles. The number of carbonyl (C=O) groups excluding carboxylic acids is 1. The van der Waals surface area contributed by atoms with Crippen molar-refractivity contribution in [3.63, 3.8) is 0 Å². The first kappa shape index (κ1) is 14.0. The van der Waals surface area contributed by atoms with Gasteiger partial charge in [0.05, 0.1) is 0 Å². The number of rotatable bonds is 3. The van der Waals surface area contributed by atoms with E-state index < -0.39 is 6.04 Å². The Hall–Kier alpha value is -2.43. The van der Waals surface area contributed by atoms with Crippen molar-refractivity contribution in [1.29, 1.82) is 0 Å². The molecule has 0 aliphatic heterocycles. The molecule has 2 aromatic rings. The van der Waals surface area contributed by atoms with E-state index in [4.69, 9.17) is 0 Å². The van der Waals surface area contributed by atoms with Crippen LogP contribution in [0.15, 0.2) is 41.3 Å². The average Bonchev–Trinajstić information content (AvgIpc) is 2.43. The zero-order valence-electron chi connectivity index (χ0n) is 11.8. The van der Waals surface area contributed by atoms with Crippen LogP contribution in [-0.4, -0.2) is 15.7 Å². The monoisotopic (exact) mass is 271 g/mol. The van der Waals surface area contributed by atoms with Crippen molar-refractivity contribution in [2.45, 2.75) is 26.8 Å². The lowest BCUT2D eigenvalue weighted by atomic mass is 10.1. The Morgan fingerprint density at radius 3 is 2.70 bits per heavy atom. The lowest BCUT2D eigenvalue weighted by Crippen LogP contribution is -2.32. The van der Waals surface area contributed by atoms with Gasteiger partial charge < -0.3 is 5.32 Å². The van der Waals surface area contributed by atoms with Crippen molar-refractivity contribution in [3.05, 3.63) is 58.0 Å². The van der Waals surface area contributed by atoms with Crippen molar-refractivity contribution in [2.75, 3.05) is 5.32 Å². The summed E-state index contributed by atoms with van der Waals surface area (Å²) in [6.07, 6.45) is 1.49. The maximum atomic E-state index is 12.2. The summed E-state index contributed by atoms with van der Waals surface area (Å²) in [5, 5.41) is 6.76. The molecule has 20 heavy (non-hydrogen) atoms. The average molecular weight is 271 g/mol. The molecule has 5 nitrogen and oxygen atoms in total. The van der Waals surface area contributed by atoms with E-state index in [9.17, 15) is 9.59 Å². The van der Waals surface area contributed by atoms with Crippen molar-refractivity contribution in [1.82, 2.24) is 9.78 Å². The fourth-order valence-electron chi connectivity index (χ4n) is 1.89. The minimum Gasteiger partial charge on any atom is -0.324 e. The first-order valence-electron chi connectivity index (χ1n) is 6.41. The van der Waals surface area contributed by atoms with E-state index >= 15 is 0 Å². The topological polar surface area (TPSA) is 64.0 Å². The molecular formula is C15H17N3O2. The predicted octanol–water partition coefficient (Wildman–Crippen LogP) is 2.06. The molecule has 1 amide bonds. The second-order valence-electron chi connectivity index (χ2n) is 4.72. The van der Waals surface area contributed by atoms with Crippen molar-refractivity contribution in [3.8, 4) is 0 Å². The molecule has 2 rings (SSSR count). The molecule has 1 heterocycles. The normalized spacial score (nSPS) is 11.9. The number of aryl methyl sites for hydroxylation is 1. The van der Waals surface area contributed by atoms with Crippen LogP contribution in [0.25, 0.3) is 0 Å². The molecule has 0 aliphatic rings. The van der Waals surface area contributed by atoms with Gasteiger partial charge in [-0.1, -0.05) is 12.1 Å². The Kier molecular flexibility index (Phi) is 3.98. The van der Waals surface area contributed by atoms with Crippen LogP contribution in [0.3, 0.4) is 0 Å². The second kappa shape index (κ2) is 5.69. The highest BCUT2D eigenvalue weighted by atomic mass is 16.2. The fraction of sp³-hybridized carbons (Fsp3) is 0.267. The van der Waals surface area contributed by atoms with Gasteiger partial charge in [0.15, 0.2) is 0 Å². The minimum absolute atomic E-state index is 0.264. The standard InChI is InChI=1S/C15H17N3O2/c1-10-6-4-7-13(11(10)2)17-15(20)12(3)18-14(19)8-5-9-16-18/h4-9,12H,1-3H3,(H,17,20). The molecule has 5 heteroatoms. The highest BCUT2D eigenvalue weighted by Crippen LogP contribution is 2.19. The number of benzene rings is 1. The van der Waals surface area contributed by atoms with Crippen LogP contribution in [0.1, 0.15) is 24.1 Å².